The molecule has 1 aromatic heterocycles. The van der Waals surface area contributed by atoms with Gasteiger partial charge in [0.2, 0.25) is 5.91 Å². The molecule has 0 atom stereocenters. The van der Waals surface area contributed by atoms with Crippen LogP contribution in [0.2, 0.25) is 0 Å². The average Bonchev–Trinajstić information content (AvgIpc) is 3.28. The molecule has 1 N–H and O–H groups in total. The summed E-state index contributed by atoms with van der Waals surface area (Å²) in [6, 6.07) is 12.8. The van der Waals surface area contributed by atoms with Crippen LogP contribution in [-0.2, 0) is 9.53 Å². The smallest absolute Gasteiger partial charge is 0.341 e. The van der Waals surface area contributed by atoms with Crippen LogP contribution in [-0.4, -0.2) is 38.8 Å². The third-order valence-electron chi connectivity index (χ3n) is 4.90. The molecule has 0 unspecified atom stereocenters. The van der Waals surface area contributed by atoms with Gasteiger partial charge in [-0.2, -0.15) is 0 Å². The Hall–Kier alpha value is -3.78. The minimum absolute atomic E-state index is 0.226. The van der Waals surface area contributed by atoms with Crippen LogP contribution in [0, 0.1) is 0 Å². The highest BCUT2D eigenvalue weighted by atomic mass is 32.1. The number of benzene rings is 2. The molecule has 3 rings (SSSR count). The van der Waals surface area contributed by atoms with Crippen molar-refractivity contribution in [2.75, 3.05) is 32.2 Å². The van der Waals surface area contributed by atoms with E-state index in [0.29, 0.717) is 46.6 Å². The topological polar surface area (TPSA) is 83.1 Å². The molecule has 0 bridgehead atoms. The van der Waals surface area contributed by atoms with E-state index in [2.05, 4.69) is 5.32 Å². The molecule has 184 valence electrons. The first-order valence-corrected chi connectivity index (χ1v) is 12.2. The van der Waals surface area contributed by atoms with Crippen molar-refractivity contribution in [1.29, 1.82) is 0 Å². The van der Waals surface area contributed by atoms with Crippen LogP contribution in [0.4, 0.5) is 5.00 Å². The fraction of sp³-hybridized carbons (Fsp3) is 0.259. The Kier molecular flexibility index (Phi) is 9.31. The van der Waals surface area contributed by atoms with Gasteiger partial charge in [-0.05, 0) is 62.2 Å². The summed E-state index contributed by atoms with van der Waals surface area (Å²) in [5.74, 6) is 1.11. The van der Waals surface area contributed by atoms with Crippen molar-refractivity contribution < 1.29 is 28.5 Å². The fourth-order valence-electron chi connectivity index (χ4n) is 3.34. The molecule has 0 fully saturated rings. The minimum Gasteiger partial charge on any atom is -0.497 e. The van der Waals surface area contributed by atoms with Gasteiger partial charge in [0, 0.05) is 17.0 Å². The summed E-state index contributed by atoms with van der Waals surface area (Å²) < 4.78 is 21.7. The molecule has 8 heteroatoms. The van der Waals surface area contributed by atoms with Crippen molar-refractivity contribution in [3.05, 3.63) is 65.0 Å². The van der Waals surface area contributed by atoms with Crippen LogP contribution in [0.5, 0.6) is 17.2 Å². The van der Waals surface area contributed by atoms with Gasteiger partial charge in [-0.3, -0.25) is 4.79 Å². The molecule has 0 aliphatic heterocycles. The Morgan fingerprint density at radius 2 is 1.66 bits per heavy atom. The van der Waals surface area contributed by atoms with Crippen molar-refractivity contribution in [3.8, 4) is 28.4 Å². The van der Waals surface area contributed by atoms with Crippen LogP contribution in [0.25, 0.3) is 17.2 Å². The van der Waals surface area contributed by atoms with E-state index in [1.54, 1.807) is 20.1 Å². The Balaban J connectivity index is 1.83. The number of esters is 1. The summed E-state index contributed by atoms with van der Waals surface area (Å²) in [4.78, 5) is 25.5. The first-order chi connectivity index (χ1) is 17.0. The normalized spacial score (nSPS) is 10.7. The maximum absolute atomic E-state index is 12.8. The molecule has 1 amide bonds. The number of amides is 1. The largest absolute Gasteiger partial charge is 0.497 e. The molecule has 0 spiro atoms. The molecule has 0 saturated heterocycles. The van der Waals surface area contributed by atoms with Crippen LogP contribution in [0.15, 0.2) is 53.9 Å². The summed E-state index contributed by atoms with van der Waals surface area (Å²) >= 11 is 1.27. The number of ether oxygens (including phenoxy) is 4. The highest BCUT2D eigenvalue weighted by molar-refractivity contribution is 7.15. The van der Waals surface area contributed by atoms with Crippen molar-refractivity contribution in [2.45, 2.75) is 20.8 Å². The lowest BCUT2D eigenvalue weighted by atomic mass is 10.0. The van der Waals surface area contributed by atoms with Crippen LogP contribution in [0.1, 0.15) is 36.7 Å². The monoisotopic (exact) mass is 495 g/mol. The summed E-state index contributed by atoms with van der Waals surface area (Å²) in [7, 11) is 1.59. The summed E-state index contributed by atoms with van der Waals surface area (Å²) in [5.41, 5.74) is 2.61. The molecule has 3 aromatic rings. The van der Waals surface area contributed by atoms with E-state index in [9.17, 15) is 9.59 Å². The number of carbonyl (C=O) groups excluding carboxylic acids is 2. The van der Waals surface area contributed by atoms with E-state index in [4.69, 9.17) is 18.9 Å². The maximum Gasteiger partial charge on any atom is 0.341 e. The highest BCUT2D eigenvalue weighted by Crippen LogP contribution is 2.37. The zero-order valence-electron chi connectivity index (χ0n) is 20.3. The van der Waals surface area contributed by atoms with E-state index < -0.39 is 5.97 Å². The number of thiophene rings is 1. The maximum atomic E-state index is 12.8. The molecule has 0 aliphatic rings. The molecular weight excluding hydrogens is 466 g/mol. The van der Waals surface area contributed by atoms with Gasteiger partial charge in [0.25, 0.3) is 0 Å². The molecule has 0 radical (unpaired) electrons. The van der Waals surface area contributed by atoms with Gasteiger partial charge in [-0.15, -0.1) is 11.3 Å². The van der Waals surface area contributed by atoms with Crippen LogP contribution < -0.4 is 19.5 Å². The van der Waals surface area contributed by atoms with Crippen molar-refractivity contribution in [2.24, 2.45) is 0 Å². The van der Waals surface area contributed by atoms with Gasteiger partial charge in [0.15, 0.2) is 11.5 Å². The standard InChI is InChI=1S/C27H29NO6S/c1-5-32-22-14-8-18(16-23(22)33-6-2)9-15-24(29)28-26-25(27(30)34-7-3)21(17-35-26)19-10-12-20(31-4)13-11-19/h8-17H,5-7H2,1-4H3,(H,28,29)/b15-9+. The molecule has 2 aromatic carbocycles. The van der Waals surface area contributed by atoms with Gasteiger partial charge in [0.1, 0.15) is 16.3 Å². The number of hydrogen-bond acceptors (Lipinski definition) is 7. The number of carbonyl (C=O) groups is 2. The predicted molar refractivity (Wildman–Crippen MR) is 139 cm³/mol. The lowest BCUT2D eigenvalue weighted by Crippen LogP contribution is -2.12. The molecule has 0 saturated carbocycles. The summed E-state index contributed by atoms with van der Waals surface area (Å²) in [6.07, 6.45) is 3.09. The number of hydrogen-bond donors (Lipinski definition) is 1. The van der Waals surface area contributed by atoms with E-state index >= 15 is 0 Å². The number of anilines is 1. The summed E-state index contributed by atoms with van der Waals surface area (Å²) in [6.45, 7) is 6.80. The first kappa shape index (κ1) is 25.8. The van der Waals surface area contributed by atoms with Gasteiger partial charge < -0.3 is 24.3 Å². The Morgan fingerprint density at radius 3 is 2.31 bits per heavy atom. The second kappa shape index (κ2) is 12.6. The average molecular weight is 496 g/mol. The van der Waals surface area contributed by atoms with Crippen molar-refractivity contribution in [1.82, 2.24) is 0 Å². The molecule has 7 nitrogen and oxygen atoms in total. The quantitative estimate of drug-likeness (QED) is 0.258. The minimum atomic E-state index is -0.494. The first-order valence-electron chi connectivity index (χ1n) is 11.3. The SMILES string of the molecule is CCOC(=O)c1c(-c2ccc(OC)cc2)csc1NC(=O)/C=C/c1ccc(OCC)c(OCC)c1. The highest BCUT2D eigenvalue weighted by Gasteiger charge is 2.22. The number of nitrogens with one attached hydrogen (secondary N) is 1. The third kappa shape index (κ3) is 6.64. The summed E-state index contributed by atoms with van der Waals surface area (Å²) in [5, 5.41) is 5.07. The third-order valence-corrected chi connectivity index (χ3v) is 5.80. The lowest BCUT2D eigenvalue weighted by molar-refractivity contribution is -0.111. The van der Waals surface area contributed by atoms with E-state index in [1.807, 2.05) is 61.7 Å². The second-order valence-corrected chi connectivity index (χ2v) is 8.08. The van der Waals surface area contributed by atoms with Gasteiger partial charge in [0.05, 0.1) is 26.9 Å². The zero-order chi connectivity index (χ0) is 25.2. The molecule has 0 aliphatic carbocycles. The van der Waals surface area contributed by atoms with Crippen molar-refractivity contribution in [3.63, 3.8) is 0 Å². The Morgan fingerprint density at radius 1 is 0.943 bits per heavy atom. The Bertz CT molecular complexity index is 1180. The van der Waals surface area contributed by atoms with Gasteiger partial charge >= 0.3 is 5.97 Å². The number of rotatable bonds is 11. The lowest BCUT2D eigenvalue weighted by Gasteiger charge is -2.11. The second-order valence-electron chi connectivity index (χ2n) is 7.20. The molecule has 1 heterocycles. The Labute approximate surface area is 209 Å². The zero-order valence-corrected chi connectivity index (χ0v) is 21.1. The van der Waals surface area contributed by atoms with E-state index in [0.717, 1.165) is 11.1 Å². The van der Waals surface area contributed by atoms with E-state index in [1.165, 1.54) is 17.4 Å². The van der Waals surface area contributed by atoms with Crippen molar-refractivity contribution >= 4 is 34.3 Å². The molecule has 35 heavy (non-hydrogen) atoms. The van der Waals surface area contributed by atoms with Crippen LogP contribution >= 0.6 is 11.3 Å². The van der Waals surface area contributed by atoms with Crippen LogP contribution in [0.3, 0.4) is 0 Å². The van der Waals surface area contributed by atoms with Gasteiger partial charge in [-0.1, -0.05) is 18.2 Å². The van der Waals surface area contributed by atoms with E-state index in [-0.39, 0.29) is 12.5 Å². The predicted octanol–water partition coefficient (Wildman–Crippen LogP) is 6.05. The fourth-order valence-corrected chi connectivity index (χ4v) is 4.30. The molecular formula is C27H29NO6S. The number of methoxy groups -OCH3 is 1. The van der Waals surface area contributed by atoms with Gasteiger partial charge in [-0.25, -0.2) is 4.79 Å².